The number of nitrogens with zero attached hydrogens (tertiary/aromatic N) is 5. The molecule has 11 heteroatoms. The van der Waals surface area contributed by atoms with Crippen molar-refractivity contribution >= 4 is 22.9 Å². The Balaban J connectivity index is 2.11. The Morgan fingerprint density at radius 1 is 1.35 bits per heavy atom. The zero-order chi connectivity index (χ0) is 19.1. The minimum atomic E-state index is -3.00. The Kier molecular flexibility index (Phi) is 4.71. The number of aromatic nitrogens is 4. The molecule has 0 bridgehead atoms. The summed E-state index contributed by atoms with van der Waals surface area (Å²) in [5, 5.41) is 19.4. The number of fused-ring (bicyclic) bond motifs is 1. The maximum atomic E-state index is 15.4. The maximum Gasteiger partial charge on any atom is 0.263 e. The van der Waals surface area contributed by atoms with Gasteiger partial charge in [-0.1, -0.05) is 0 Å². The van der Waals surface area contributed by atoms with E-state index in [0.29, 0.717) is 11.3 Å². The van der Waals surface area contributed by atoms with E-state index in [9.17, 15) is 9.50 Å². The molecule has 0 aliphatic carbocycles. The number of nitrogen functional groups attached to an aromatic ring is 1. The molecule has 1 unspecified atom stereocenters. The van der Waals surface area contributed by atoms with Crippen molar-refractivity contribution in [2.24, 2.45) is 0 Å². The van der Waals surface area contributed by atoms with Gasteiger partial charge in [-0.05, 0) is 19.8 Å². The lowest BCUT2D eigenvalue weighted by atomic mass is 10.0. The summed E-state index contributed by atoms with van der Waals surface area (Å²) >= 11 is 0. The van der Waals surface area contributed by atoms with Crippen molar-refractivity contribution in [1.82, 2.24) is 19.5 Å². The summed E-state index contributed by atoms with van der Waals surface area (Å²) in [6.45, 7) is 1.23. The van der Waals surface area contributed by atoms with Gasteiger partial charge in [0.2, 0.25) is 11.7 Å². The molecule has 4 N–H and O–H groups in total. The van der Waals surface area contributed by atoms with Crippen LogP contribution in [0.4, 0.5) is 20.5 Å². The maximum absolute atomic E-state index is 15.4. The molecule has 1 aliphatic rings. The van der Waals surface area contributed by atoms with Gasteiger partial charge in [0.15, 0.2) is 23.1 Å². The minimum absolute atomic E-state index is 0.0137. The largest absolute Gasteiger partial charge is 0.390 e. The highest BCUT2D eigenvalue weighted by molar-refractivity contribution is 5.85. The first-order chi connectivity index (χ1) is 12.2. The molecule has 0 aromatic carbocycles. The number of aliphatic hydroxyl groups excluding tert-OH is 2. The summed E-state index contributed by atoms with van der Waals surface area (Å²) in [6.07, 6.45) is 0.712. The molecule has 2 aromatic heterocycles. The molecule has 1 fully saturated rings. The fourth-order valence-electron chi connectivity index (χ4n) is 3.16. The summed E-state index contributed by atoms with van der Waals surface area (Å²) in [5.74, 6) is -5.36. The van der Waals surface area contributed by atoms with E-state index in [4.69, 9.17) is 10.8 Å². The summed E-state index contributed by atoms with van der Waals surface area (Å²) in [6, 6.07) is 0. The van der Waals surface area contributed by atoms with Crippen molar-refractivity contribution in [3.63, 3.8) is 0 Å². The second-order valence-electron chi connectivity index (χ2n) is 6.46. The molecular weight excluding hydrogens is 350 g/mol. The number of hydrogen-bond acceptors (Lipinski definition) is 8. The molecule has 3 atom stereocenters. The molecule has 0 saturated carbocycles. The van der Waals surface area contributed by atoms with Crippen molar-refractivity contribution in [2.45, 2.75) is 37.5 Å². The van der Waals surface area contributed by atoms with E-state index in [-0.39, 0.29) is 11.6 Å². The number of imidazole rings is 1. The van der Waals surface area contributed by atoms with Crippen LogP contribution in [0, 0.1) is 0 Å². The normalized spacial score (nSPS) is 20.9. The van der Waals surface area contributed by atoms with Crippen LogP contribution in [0.5, 0.6) is 0 Å². The lowest BCUT2D eigenvalue weighted by Gasteiger charge is -2.35. The molecule has 3 rings (SSSR count). The Bertz CT molecular complexity index is 789. The van der Waals surface area contributed by atoms with Crippen LogP contribution in [0.25, 0.3) is 11.2 Å². The van der Waals surface area contributed by atoms with E-state index in [2.05, 4.69) is 19.7 Å². The average molecular weight is 372 g/mol. The van der Waals surface area contributed by atoms with E-state index < -0.39 is 24.4 Å². The van der Waals surface area contributed by atoms with Crippen molar-refractivity contribution < 1.29 is 23.7 Å². The number of rotatable bonds is 6. The van der Waals surface area contributed by atoms with Crippen LogP contribution in [0.15, 0.2) is 6.33 Å². The number of anilines is 2. The molecule has 0 spiro atoms. The molecule has 144 valence electrons. The zero-order valence-corrected chi connectivity index (χ0v) is 14.6. The first-order valence-corrected chi connectivity index (χ1v) is 8.22. The first kappa shape index (κ1) is 18.7. The van der Waals surface area contributed by atoms with Gasteiger partial charge in [-0.3, -0.25) is 4.57 Å². The van der Waals surface area contributed by atoms with Gasteiger partial charge >= 0.3 is 0 Å². The average Bonchev–Trinajstić information content (AvgIpc) is 3.29. The van der Waals surface area contributed by atoms with Gasteiger partial charge in [0, 0.05) is 20.2 Å². The third-order valence-corrected chi connectivity index (χ3v) is 4.73. The second-order valence-corrected chi connectivity index (χ2v) is 6.46. The number of aliphatic hydroxyl groups is 2. The predicted molar refractivity (Wildman–Crippen MR) is 89.9 cm³/mol. The molecule has 3 heterocycles. The third-order valence-electron chi connectivity index (χ3n) is 4.73. The summed E-state index contributed by atoms with van der Waals surface area (Å²) < 4.78 is 35.2. The van der Waals surface area contributed by atoms with E-state index >= 15 is 4.39 Å². The Labute approximate surface area is 148 Å². The first-order valence-electron chi connectivity index (χ1n) is 8.22. The van der Waals surface area contributed by atoms with Gasteiger partial charge in [-0.25, -0.2) is 13.8 Å². The molecule has 9 nitrogen and oxygen atoms in total. The Morgan fingerprint density at radius 2 is 2.00 bits per heavy atom. The van der Waals surface area contributed by atoms with Crippen molar-refractivity contribution in [3.8, 4) is 0 Å². The van der Waals surface area contributed by atoms with Gasteiger partial charge in [0.1, 0.15) is 6.61 Å². The highest BCUT2D eigenvalue weighted by Crippen LogP contribution is 2.36. The van der Waals surface area contributed by atoms with Crippen molar-refractivity contribution in [3.05, 3.63) is 6.33 Å². The van der Waals surface area contributed by atoms with Crippen LogP contribution >= 0.6 is 0 Å². The van der Waals surface area contributed by atoms with Crippen LogP contribution in [-0.4, -0.2) is 68.5 Å². The van der Waals surface area contributed by atoms with E-state index in [1.54, 1.807) is 0 Å². The summed E-state index contributed by atoms with van der Waals surface area (Å²) in [5.41, 5.74) is 6.07. The number of nitrogens with two attached hydrogens (primary N) is 1. The quantitative estimate of drug-likeness (QED) is 0.662. The standard InChI is InChI=1S/C15H22F2N6O3/c1-14(16,12(25)15(17,7-24)26-2)23-8-19-9-10(22-5-3-4-6-22)20-13(18)21-11(9)23/h8,12,24-25H,3-7H2,1-2H3,(H2,18,20,21)/t12?,14-,15+/m0/s1. The summed E-state index contributed by atoms with van der Waals surface area (Å²) in [7, 11) is 0.924. The van der Waals surface area contributed by atoms with Crippen LogP contribution < -0.4 is 10.6 Å². The smallest absolute Gasteiger partial charge is 0.263 e. The topological polar surface area (TPSA) is 123 Å². The second kappa shape index (κ2) is 6.56. The molecule has 0 amide bonds. The lowest BCUT2D eigenvalue weighted by Crippen LogP contribution is -2.54. The predicted octanol–water partition coefficient (Wildman–Crippen LogP) is 0.316. The van der Waals surface area contributed by atoms with E-state index in [1.807, 2.05) is 4.90 Å². The number of methoxy groups -OCH3 is 1. The highest BCUT2D eigenvalue weighted by atomic mass is 19.2. The van der Waals surface area contributed by atoms with Crippen LogP contribution in [0.2, 0.25) is 0 Å². The number of hydrogen-bond donors (Lipinski definition) is 3. The van der Waals surface area contributed by atoms with Crippen LogP contribution in [-0.2, 0) is 10.5 Å². The highest BCUT2D eigenvalue weighted by Gasteiger charge is 2.52. The fourth-order valence-corrected chi connectivity index (χ4v) is 3.16. The van der Waals surface area contributed by atoms with Gasteiger partial charge in [0.05, 0.1) is 6.33 Å². The van der Waals surface area contributed by atoms with Crippen molar-refractivity contribution in [2.75, 3.05) is 37.4 Å². The Hall–Kier alpha value is -2.11. The third kappa shape index (κ3) is 2.85. The molecule has 0 radical (unpaired) electrons. The number of alkyl halides is 2. The summed E-state index contributed by atoms with van der Waals surface area (Å²) in [4.78, 5) is 14.3. The monoisotopic (exact) mass is 372 g/mol. The zero-order valence-electron chi connectivity index (χ0n) is 14.6. The molecule has 1 saturated heterocycles. The number of halogens is 2. The molecular formula is C15H22F2N6O3. The molecule has 26 heavy (non-hydrogen) atoms. The Morgan fingerprint density at radius 3 is 2.58 bits per heavy atom. The molecule has 1 aliphatic heterocycles. The lowest BCUT2D eigenvalue weighted by molar-refractivity contribution is -0.256. The van der Waals surface area contributed by atoms with Gasteiger partial charge in [-0.2, -0.15) is 9.97 Å². The van der Waals surface area contributed by atoms with E-state index in [1.165, 1.54) is 0 Å². The van der Waals surface area contributed by atoms with Gasteiger partial charge in [-0.15, -0.1) is 0 Å². The SMILES string of the molecule is CO[C@](F)(CO)C(O)[C@@](C)(F)n1cnc2c(N3CCCC3)nc(N)nc21. The molecule has 2 aromatic rings. The van der Waals surface area contributed by atoms with Crippen LogP contribution in [0.1, 0.15) is 19.8 Å². The number of ether oxygens (including phenoxy) is 1. The minimum Gasteiger partial charge on any atom is -0.390 e. The van der Waals surface area contributed by atoms with E-state index in [0.717, 1.165) is 50.9 Å². The fraction of sp³-hybridized carbons (Fsp3) is 0.667. The van der Waals surface area contributed by atoms with Crippen LogP contribution in [0.3, 0.4) is 0 Å². The van der Waals surface area contributed by atoms with Gasteiger partial charge < -0.3 is 25.6 Å². The van der Waals surface area contributed by atoms with Crippen molar-refractivity contribution in [1.29, 1.82) is 0 Å². The van der Waals surface area contributed by atoms with Gasteiger partial charge in [0.25, 0.3) is 5.85 Å².